The molecule has 0 fully saturated rings. The highest BCUT2D eigenvalue weighted by atomic mass is 16.6. The Balaban J connectivity index is 3.56. The molecule has 0 aromatic heterocycles. The van der Waals surface area contributed by atoms with Crippen LogP contribution in [0.15, 0.2) is 109 Å². The molecule has 1 unspecified atom stereocenters. The minimum Gasteiger partial charge on any atom is -0.457 e. The van der Waals surface area contributed by atoms with E-state index in [0.717, 1.165) is 89.9 Å². The van der Waals surface area contributed by atoms with Gasteiger partial charge in [0.2, 0.25) is 0 Å². The van der Waals surface area contributed by atoms with Gasteiger partial charge in [0.15, 0.2) is 0 Å². The standard InChI is InChI=1S/C49H80O4/c1-3-5-7-9-11-13-15-17-19-21-23-25-26-28-30-32-34-36-38-40-42-44-49(51)53-48(46-50)47-52-45-43-41-39-37-35-33-31-29-27-24-22-20-18-16-14-12-10-8-6-4-2/h5-8,11-14,17-20,23-25,27,31,33,48,50H,3-4,9-10,15-16,21-22,26,28-30,32,34-47H2,1-2H3/b7-5-,8-6-,13-11-,14-12-,19-17-,20-18-,25-23-,27-24-,33-31-. The Kier molecular flexibility index (Phi) is 42.7. The zero-order chi connectivity index (χ0) is 38.4. The van der Waals surface area contributed by atoms with Crippen LogP contribution in [0.3, 0.4) is 0 Å². The fraction of sp³-hybridized carbons (Fsp3) is 0.612. The second-order valence-corrected chi connectivity index (χ2v) is 13.6. The molecule has 0 bridgehead atoms. The molecule has 1 N–H and O–H groups in total. The van der Waals surface area contributed by atoms with E-state index in [9.17, 15) is 9.90 Å². The van der Waals surface area contributed by atoms with Crippen LogP contribution in [0.2, 0.25) is 0 Å². The van der Waals surface area contributed by atoms with E-state index in [-0.39, 0.29) is 19.2 Å². The fourth-order valence-electron chi connectivity index (χ4n) is 5.46. The Hall–Kier alpha value is -2.95. The fourth-order valence-corrected chi connectivity index (χ4v) is 5.46. The minimum atomic E-state index is -0.561. The summed E-state index contributed by atoms with van der Waals surface area (Å²) < 4.78 is 11.1. The second kappa shape index (κ2) is 45.2. The molecule has 0 aromatic carbocycles. The SMILES string of the molecule is CC/C=C\C/C=C\C/C=C\C/C=C\C/C=C\CCCCCCOCC(CO)OC(=O)CCCCCCCCCC/C=C\C/C=C\C/C=C\C/C=C\CC. The quantitative estimate of drug-likeness (QED) is 0.0390. The van der Waals surface area contributed by atoms with E-state index in [4.69, 9.17) is 9.47 Å². The summed E-state index contributed by atoms with van der Waals surface area (Å²) in [5.41, 5.74) is 0. The van der Waals surface area contributed by atoms with E-state index in [1.54, 1.807) is 0 Å². The molecule has 0 saturated carbocycles. The molecule has 4 nitrogen and oxygen atoms in total. The lowest BCUT2D eigenvalue weighted by Crippen LogP contribution is -2.27. The average Bonchev–Trinajstić information content (AvgIpc) is 3.16. The van der Waals surface area contributed by atoms with E-state index in [0.29, 0.717) is 13.0 Å². The monoisotopic (exact) mass is 733 g/mol. The Morgan fingerprint density at radius 2 is 0.792 bits per heavy atom. The lowest BCUT2D eigenvalue weighted by molar-refractivity contribution is -0.154. The summed E-state index contributed by atoms with van der Waals surface area (Å²) in [6.07, 6.45) is 65.7. The summed E-state index contributed by atoms with van der Waals surface area (Å²) in [4.78, 5) is 12.2. The third-order valence-electron chi connectivity index (χ3n) is 8.59. The molecule has 0 aliphatic carbocycles. The van der Waals surface area contributed by atoms with Crippen molar-refractivity contribution < 1.29 is 19.4 Å². The number of rotatable bonds is 38. The maximum atomic E-state index is 12.2. The van der Waals surface area contributed by atoms with Crippen molar-refractivity contribution in [3.8, 4) is 0 Å². The third-order valence-corrected chi connectivity index (χ3v) is 8.59. The number of aliphatic hydroxyl groups excluding tert-OH is 1. The smallest absolute Gasteiger partial charge is 0.306 e. The molecule has 0 heterocycles. The number of allylic oxidation sites excluding steroid dienone is 18. The highest BCUT2D eigenvalue weighted by Crippen LogP contribution is 2.12. The summed E-state index contributed by atoms with van der Waals surface area (Å²) in [7, 11) is 0. The number of hydrogen-bond donors (Lipinski definition) is 1. The molecule has 0 rings (SSSR count). The van der Waals surface area contributed by atoms with E-state index < -0.39 is 6.10 Å². The minimum absolute atomic E-state index is 0.193. The van der Waals surface area contributed by atoms with Gasteiger partial charge in [0, 0.05) is 13.0 Å². The number of carbonyl (C=O) groups is 1. The lowest BCUT2D eigenvalue weighted by atomic mass is 10.1. The molecule has 0 saturated heterocycles. The van der Waals surface area contributed by atoms with Crippen molar-refractivity contribution in [2.75, 3.05) is 19.8 Å². The Morgan fingerprint density at radius 1 is 0.453 bits per heavy atom. The molecule has 53 heavy (non-hydrogen) atoms. The van der Waals surface area contributed by atoms with Crippen LogP contribution >= 0.6 is 0 Å². The van der Waals surface area contributed by atoms with Crippen molar-refractivity contribution in [3.63, 3.8) is 0 Å². The van der Waals surface area contributed by atoms with Crippen LogP contribution in [-0.4, -0.2) is 37.0 Å². The maximum Gasteiger partial charge on any atom is 0.306 e. The largest absolute Gasteiger partial charge is 0.457 e. The molecule has 0 aromatic rings. The van der Waals surface area contributed by atoms with E-state index in [1.807, 2.05) is 0 Å². The Labute approximate surface area is 327 Å². The van der Waals surface area contributed by atoms with Crippen LogP contribution in [0.4, 0.5) is 0 Å². The molecule has 0 spiro atoms. The molecule has 300 valence electrons. The van der Waals surface area contributed by atoms with Gasteiger partial charge in [-0.1, -0.05) is 175 Å². The molecule has 1 atom stereocenters. The molecule has 4 heteroatoms. The zero-order valence-corrected chi connectivity index (χ0v) is 34.2. The van der Waals surface area contributed by atoms with Crippen molar-refractivity contribution in [1.82, 2.24) is 0 Å². The first-order valence-corrected chi connectivity index (χ1v) is 21.5. The molecular formula is C49H80O4. The second-order valence-electron chi connectivity index (χ2n) is 13.6. The van der Waals surface area contributed by atoms with Crippen LogP contribution in [0.5, 0.6) is 0 Å². The summed E-state index contributed by atoms with van der Waals surface area (Å²) in [6.45, 7) is 5.04. The van der Waals surface area contributed by atoms with Gasteiger partial charge < -0.3 is 14.6 Å². The highest BCUT2D eigenvalue weighted by molar-refractivity contribution is 5.69. The van der Waals surface area contributed by atoms with E-state index in [1.165, 1.54) is 57.8 Å². The summed E-state index contributed by atoms with van der Waals surface area (Å²) in [5.74, 6) is -0.224. The molecule has 0 aliphatic heterocycles. The summed E-state index contributed by atoms with van der Waals surface area (Å²) in [5, 5.41) is 9.61. The van der Waals surface area contributed by atoms with Gasteiger partial charge in [0.05, 0.1) is 13.2 Å². The summed E-state index contributed by atoms with van der Waals surface area (Å²) in [6, 6.07) is 0. The number of unbranched alkanes of at least 4 members (excludes halogenated alkanes) is 12. The number of aliphatic hydroxyl groups is 1. The number of ether oxygens (including phenoxy) is 2. The highest BCUT2D eigenvalue weighted by Gasteiger charge is 2.13. The first-order valence-electron chi connectivity index (χ1n) is 21.5. The van der Waals surface area contributed by atoms with E-state index >= 15 is 0 Å². The topological polar surface area (TPSA) is 55.8 Å². The van der Waals surface area contributed by atoms with Crippen LogP contribution < -0.4 is 0 Å². The molecule has 0 aliphatic rings. The lowest BCUT2D eigenvalue weighted by Gasteiger charge is -2.15. The van der Waals surface area contributed by atoms with Gasteiger partial charge in [-0.25, -0.2) is 0 Å². The van der Waals surface area contributed by atoms with Crippen LogP contribution in [-0.2, 0) is 14.3 Å². The van der Waals surface area contributed by atoms with Gasteiger partial charge in [-0.3, -0.25) is 4.79 Å². The van der Waals surface area contributed by atoms with Gasteiger partial charge in [0.1, 0.15) is 6.10 Å². The number of hydrogen-bond acceptors (Lipinski definition) is 4. The van der Waals surface area contributed by atoms with Gasteiger partial charge >= 0.3 is 5.97 Å². The first-order chi connectivity index (χ1) is 26.2. The summed E-state index contributed by atoms with van der Waals surface area (Å²) >= 11 is 0. The predicted molar refractivity (Wildman–Crippen MR) is 232 cm³/mol. The first kappa shape index (κ1) is 50.1. The van der Waals surface area contributed by atoms with Gasteiger partial charge in [-0.05, 0) is 96.3 Å². The predicted octanol–water partition coefficient (Wildman–Crippen LogP) is 14.3. The van der Waals surface area contributed by atoms with Gasteiger partial charge in [0.25, 0.3) is 0 Å². The van der Waals surface area contributed by atoms with Crippen LogP contribution in [0, 0.1) is 0 Å². The van der Waals surface area contributed by atoms with Crippen molar-refractivity contribution in [2.24, 2.45) is 0 Å². The average molecular weight is 733 g/mol. The van der Waals surface area contributed by atoms with E-state index in [2.05, 4.69) is 123 Å². The van der Waals surface area contributed by atoms with Crippen molar-refractivity contribution in [3.05, 3.63) is 109 Å². The molecule has 0 radical (unpaired) electrons. The number of esters is 1. The van der Waals surface area contributed by atoms with Gasteiger partial charge in [-0.2, -0.15) is 0 Å². The normalized spacial score (nSPS) is 13.5. The Morgan fingerprint density at radius 3 is 1.19 bits per heavy atom. The third kappa shape index (κ3) is 43.3. The van der Waals surface area contributed by atoms with Crippen molar-refractivity contribution in [1.29, 1.82) is 0 Å². The van der Waals surface area contributed by atoms with Gasteiger partial charge in [-0.15, -0.1) is 0 Å². The van der Waals surface area contributed by atoms with Crippen molar-refractivity contribution in [2.45, 2.75) is 174 Å². The molecule has 0 amide bonds. The number of carbonyl (C=O) groups excluding carboxylic acids is 1. The van der Waals surface area contributed by atoms with Crippen LogP contribution in [0.25, 0.3) is 0 Å². The Bertz CT molecular complexity index is 1040. The zero-order valence-electron chi connectivity index (χ0n) is 34.2. The molecular weight excluding hydrogens is 653 g/mol. The maximum absolute atomic E-state index is 12.2. The van der Waals surface area contributed by atoms with Crippen LogP contribution in [0.1, 0.15) is 168 Å². The van der Waals surface area contributed by atoms with Crippen molar-refractivity contribution >= 4 is 5.97 Å².